The first-order valence-corrected chi connectivity index (χ1v) is 5.31. The van der Waals surface area contributed by atoms with E-state index >= 15 is 0 Å². The molecule has 0 spiro atoms. The predicted molar refractivity (Wildman–Crippen MR) is 51.4 cm³/mol. The fourth-order valence-corrected chi connectivity index (χ4v) is 1.92. The largest absolute Gasteiger partial charge is 0.352 e. The number of carbonyl (C=O) groups excluding carboxylic acids is 1. The molecule has 1 heterocycles. The van der Waals surface area contributed by atoms with Crippen molar-refractivity contribution in [2.24, 2.45) is 5.92 Å². The number of hydrogen-bond acceptors (Lipinski definition) is 2. The Bertz CT molecular complexity index is 201. The fraction of sp³-hybridized carbons (Fsp3) is 0.900. The second kappa shape index (κ2) is 3.66. The van der Waals surface area contributed by atoms with E-state index in [2.05, 4.69) is 17.6 Å². The van der Waals surface area contributed by atoms with Crippen LogP contribution in [0.2, 0.25) is 0 Å². The highest BCUT2D eigenvalue weighted by Gasteiger charge is 2.31. The number of carbonyl (C=O) groups is 1. The van der Waals surface area contributed by atoms with Gasteiger partial charge in [0.2, 0.25) is 5.91 Å². The third-order valence-corrected chi connectivity index (χ3v) is 2.98. The molecule has 2 aliphatic rings. The van der Waals surface area contributed by atoms with Crippen molar-refractivity contribution in [1.29, 1.82) is 0 Å². The first-order chi connectivity index (χ1) is 6.27. The zero-order valence-electron chi connectivity index (χ0n) is 8.18. The third kappa shape index (κ3) is 2.21. The zero-order chi connectivity index (χ0) is 9.26. The van der Waals surface area contributed by atoms with Gasteiger partial charge in [-0.15, -0.1) is 0 Å². The number of piperidine rings is 1. The van der Waals surface area contributed by atoms with Gasteiger partial charge in [0.15, 0.2) is 0 Å². The molecule has 1 aliphatic heterocycles. The fourth-order valence-electron chi connectivity index (χ4n) is 1.92. The van der Waals surface area contributed by atoms with Crippen molar-refractivity contribution >= 4 is 5.91 Å². The summed E-state index contributed by atoms with van der Waals surface area (Å²) in [4.78, 5) is 11.7. The summed E-state index contributed by atoms with van der Waals surface area (Å²) in [5, 5.41) is 6.34. The quantitative estimate of drug-likeness (QED) is 0.658. The van der Waals surface area contributed by atoms with Crippen LogP contribution in [0.15, 0.2) is 0 Å². The van der Waals surface area contributed by atoms with Crippen molar-refractivity contribution in [2.45, 2.75) is 44.7 Å². The molecule has 0 aromatic rings. The van der Waals surface area contributed by atoms with Crippen LogP contribution < -0.4 is 10.6 Å². The van der Waals surface area contributed by atoms with Gasteiger partial charge in [-0.1, -0.05) is 6.92 Å². The van der Waals surface area contributed by atoms with Gasteiger partial charge in [-0.25, -0.2) is 0 Å². The molecule has 2 N–H and O–H groups in total. The van der Waals surface area contributed by atoms with Crippen LogP contribution in [0, 0.1) is 5.92 Å². The molecule has 2 fully saturated rings. The van der Waals surface area contributed by atoms with Crippen LogP contribution in [0.3, 0.4) is 0 Å². The molecule has 2 rings (SSSR count). The van der Waals surface area contributed by atoms with Gasteiger partial charge in [-0.3, -0.25) is 4.79 Å². The van der Waals surface area contributed by atoms with E-state index in [1.165, 1.54) is 25.7 Å². The Morgan fingerprint density at radius 3 is 2.77 bits per heavy atom. The molecule has 74 valence electrons. The zero-order valence-corrected chi connectivity index (χ0v) is 8.18. The highest BCUT2D eigenvalue weighted by Crippen LogP contribution is 2.21. The van der Waals surface area contributed by atoms with Crippen LogP contribution in [-0.2, 0) is 4.79 Å². The average molecular weight is 182 g/mol. The highest BCUT2D eigenvalue weighted by atomic mass is 16.2. The van der Waals surface area contributed by atoms with Crippen molar-refractivity contribution in [2.75, 3.05) is 6.54 Å². The Hall–Kier alpha value is -0.570. The maximum absolute atomic E-state index is 11.7. The van der Waals surface area contributed by atoms with Gasteiger partial charge in [-0.05, 0) is 38.1 Å². The summed E-state index contributed by atoms with van der Waals surface area (Å²) in [7, 11) is 0. The minimum absolute atomic E-state index is 0.0642. The second-order valence-corrected chi connectivity index (χ2v) is 4.33. The summed E-state index contributed by atoms with van der Waals surface area (Å²) in [5.74, 6) is 0.710. The summed E-state index contributed by atoms with van der Waals surface area (Å²) in [6, 6.07) is 0.553. The minimum atomic E-state index is 0.0642. The van der Waals surface area contributed by atoms with Crippen molar-refractivity contribution in [3.8, 4) is 0 Å². The van der Waals surface area contributed by atoms with Gasteiger partial charge in [0.25, 0.3) is 0 Å². The lowest BCUT2D eigenvalue weighted by molar-refractivity contribution is -0.125. The molecule has 1 saturated carbocycles. The monoisotopic (exact) mass is 182 g/mol. The van der Waals surface area contributed by atoms with E-state index in [4.69, 9.17) is 0 Å². The van der Waals surface area contributed by atoms with Gasteiger partial charge in [-0.2, -0.15) is 0 Å². The Labute approximate surface area is 79.3 Å². The van der Waals surface area contributed by atoms with Crippen molar-refractivity contribution in [1.82, 2.24) is 10.6 Å². The molecule has 0 radical (unpaired) electrons. The van der Waals surface area contributed by atoms with Crippen LogP contribution in [0.4, 0.5) is 0 Å². The summed E-state index contributed by atoms with van der Waals surface area (Å²) in [5.41, 5.74) is 0. The van der Waals surface area contributed by atoms with E-state index in [-0.39, 0.29) is 11.9 Å². The van der Waals surface area contributed by atoms with E-state index in [0.717, 1.165) is 6.54 Å². The number of nitrogens with one attached hydrogen (secondary N) is 2. The lowest BCUT2D eigenvalue weighted by Gasteiger charge is -2.28. The van der Waals surface area contributed by atoms with Crippen molar-refractivity contribution in [3.05, 3.63) is 0 Å². The molecule has 3 nitrogen and oxygen atoms in total. The maximum atomic E-state index is 11.7. The summed E-state index contributed by atoms with van der Waals surface area (Å²) < 4.78 is 0. The Balaban J connectivity index is 1.85. The molecular weight excluding hydrogens is 164 g/mol. The first kappa shape index (κ1) is 9.00. The molecule has 2 unspecified atom stereocenters. The standard InChI is InChI=1S/C10H18N2O/c1-7-3-2-6-11-9(7)10(13)12-8-4-5-8/h7-9,11H,2-6H2,1H3,(H,12,13). The van der Waals surface area contributed by atoms with Crippen LogP contribution in [0.25, 0.3) is 0 Å². The molecule has 13 heavy (non-hydrogen) atoms. The van der Waals surface area contributed by atoms with E-state index in [9.17, 15) is 4.79 Å². The van der Waals surface area contributed by atoms with Crippen LogP contribution in [-0.4, -0.2) is 24.5 Å². The molecule has 0 aromatic carbocycles. The van der Waals surface area contributed by atoms with E-state index in [1.54, 1.807) is 0 Å². The lowest BCUT2D eigenvalue weighted by atomic mass is 9.92. The molecule has 0 aromatic heterocycles. The number of hydrogen-bond donors (Lipinski definition) is 2. The van der Waals surface area contributed by atoms with Gasteiger partial charge in [0.05, 0.1) is 6.04 Å². The SMILES string of the molecule is CC1CCCNC1C(=O)NC1CC1. The molecule has 1 amide bonds. The molecule has 1 aliphatic carbocycles. The Morgan fingerprint density at radius 1 is 1.38 bits per heavy atom. The maximum Gasteiger partial charge on any atom is 0.237 e. The highest BCUT2D eigenvalue weighted by molar-refractivity contribution is 5.82. The van der Waals surface area contributed by atoms with E-state index in [1.807, 2.05) is 0 Å². The Morgan fingerprint density at radius 2 is 2.15 bits per heavy atom. The molecule has 2 atom stereocenters. The summed E-state index contributed by atoms with van der Waals surface area (Å²) in [6.07, 6.45) is 4.73. The minimum Gasteiger partial charge on any atom is -0.352 e. The van der Waals surface area contributed by atoms with Crippen LogP contribution in [0.1, 0.15) is 32.6 Å². The van der Waals surface area contributed by atoms with Crippen LogP contribution >= 0.6 is 0 Å². The van der Waals surface area contributed by atoms with Crippen molar-refractivity contribution < 1.29 is 4.79 Å². The molecule has 0 bridgehead atoms. The number of rotatable bonds is 2. The summed E-state index contributed by atoms with van der Waals surface area (Å²) >= 11 is 0. The predicted octanol–water partition coefficient (Wildman–Crippen LogP) is 0.653. The average Bonchev–Trinajstić information content (AvgIpc) is 2.89. The van der Waals surface area contributed by atoms with Crippen LogP contribution in [0.5, 0.6) is 0 Å². The van der Waals surface area contributed by atoms with Gasteiger partial charge in [0.1, 0.15) is 0 Å². The van der Waals surface area contributed by atoms with Gasteiger partial charge in [0, 0.05) is 6.04 Å². The topological polar surface area (TPSA) is 41.1 Å². The lowest BCUT2D eigenvalue weighted by Crippen LogP contribution is -2.51. The second-order valence-electron chi connectivity index (χ2n) is 4.33. The molecule has 1 saturated heterocycles. The normalized spacial score (nSPS) is 34.2. The summed E-state index contributed by atoms with van der Waals surface area (Å²) in [6.45, 7) is 3.15. The smallest absolute Gasteiger partial charge is 0.237 e. The third-order valence-electron chi connectivity index (χ3n) is 2.98. The Kier molecular flexibility index (Phi) is 2.54. The van der Waals surface area contributed by atoms with Crippen molar-refractivity contribution in [3.63, 3.8) is 0 Å². The molecular formula is C10H18N2O. The van der Waals surface area contributed by atoms with Gasteiger partial charge < -0.3 is 10.6 Å². The number of amides is 1. The first-order valence-electron chi connectivity index (χ1n) is 5.31. The molecule has 3 heteroatoms. The van der Waals surface area contributed by atoms with E-state index < -0.39 is 0 Å². The van der Waals surface area contributed by atoms with Gasteiger partial charge >= 0.3 is 0 Å². The van der Waals surface area contributed by atoms with E-state index in [0.29, 0.717) is 12.0 Å².